The van der Waals surface area contributed by atoms with Gasteiger partial charge in [0.2, 0.25) is 0 Å². The summed E-state index contributed by atoms with van der Waals surface area (Å²) in [6, 6.07) is 0.197. The zero-order valence-electron chi connectivity index (χ0n) is 20.2. The van der Waals surface area contributed by atoms with E-state index in [0.717, 1.165) is 48.3 Å². The molecular weight excluding hydrogens is 366 g/mol. The molecule has 0 N–H and O–H groups in total. The molecule has 0 aliphatic heterocycles. The second kappa shape index (κ2) is 8.53. The van der Waals surface area contributed by atoms with Crippen molar-refractivity contribution in [2.24, 2.45) is 51.5 Å². The van der Waals surface area contributed by atoms with Crippen LogP contribution in [-0.4, -0.2) is 6.04 Å². The van der Waals surface area contributed by atoms with E-state index in [0.29, 0.717) is 10.8 Å². The molecule has 0 heterocycles. The molecule has 3 nitrogen and oxygen atoms in total. The van der Waals surface area contributed by atoms with Crippen LogP contribution in [-0.2, 0) is 0 Å². The summed E-state index contributed by atoms with van der Waals surface area (Å²) in [6.45, 7) is 12.5. The molecule has 0 aromatic heterocycles. The fraction of sp³-hybridized carbons (Fsp3) is 0.926. The van der Waals surface area contributed by atoms with Gasteiger partial charge in [0.05, 0.1) is 0 Å². The summed E-state index contributed by atoms with van der Waals surface area (Å²) in [4.78, 5) is 3.11. The van der Waals surface area contributed by atoms with E-state index >= 15 is 0 Å². The number of hydrogen-bond acceptors (Lipinski definition) is 1. The Morgan fingerprint density at radius 2 is 1.87 bits per heavy atom. The van der Waals surface area contributed by atoms with Gasteiger partial charge in [0, 0.05) is 11.0 Å². The number of rotatable bonds is 6. The molecule has 6 unspecified atom stereocenters. The summed E-state index contributed by atoms with van der Waals surface area (Å²) in [5.74, 6) is 5.35. The lowest BCUT2D eigenvalue weighted by molar-refractivity contribution is -0.0508. The fourth-order valence-corrected chi connectivity index (χ4v) is 8.84. The lowest BCUT2D eigenvalue weighted by Gasteiger charge is -2.58. The van der Waals surface area contributed by atoms with Crippen molar-refractivity contribution in [3.05, 3.63) is 22.1 Å². The zero-order chi connectivity index (χ0) is 21.5. The monoisotopic (exact) mass is 411 g/mol. The van der Waals surface area contributed by atoms with Gasteiger partial charge in [-0.2, -0.15) is 0 Å². The molecule has 168 valence electrons. The zero-order valence-corrected chi connectivity index (χ0v) is 20.2. The Balaban J connectivity index is 1.49. The Hall–Kier alpha value is -0.950. The lowest BCUT2D eigenvalue weighted by Crippen LogP contribution is -2.50. The van der Waals surface area contributed by atoms with Gasteiger partial charge in [-0.15, -0.1) is 0 Å². The van der Waals surface area contributed by atoms with Crippen molar-refractivity contribution in [1.29, 1.82) is 0 Å². The number of hydrogen-bond donors (Lipinski definition) is 0. The van der Waals surface area contributed by atoms with E-state index in [1.54, 1.807) is 5.57 Å². The maximum Gasteiger partial charge on any atom is 0.0411 e. The van der Waals surface area contributed by atoms with Crippen molar-refractivity contribution < 1.29 is 0 Å². The molecule has 0 radical (unpaired) electrons. The van der Waals surface area contributed by atoms with Gasteiger partial charge >= 0.3 is 0 Å². The van der Waals surface area contributed by atoms with Gasteiger partial charge < -0.3 is 0 Å². The van der Waals surface area contributed by atoms with E-state index in [-0.39, 0.29) is 6.04 Å². The Morgan fingerprint density at radius 3 is 2.60 bits per heavy atom. The molecule has 8 atom stereocenters. The van der Waals surface area contributed by atoms with Crippen molar-refractivity contribution in [1.82, 2.24) is 0 Å². The van der Waals surface area contributed by atoms with E-state index in [1.165, 1.54) is 57.8 Å². The quantitative estimate of drug-likeness (QED) is 0.182. The minimum absolute atomic E-state index is 0.197. The highest BCUT2D eigenvalue weighted by Crippen LogP contribution is 2.67. The maximum atomic E-state index is 8.89. The van der Waals surface area contributed by atoms with Crippen LogP contribution in [0.2, 0.25) is 0 Å². The van der Waals surface area contributed by atoms with Gasteiger partial charge in [0.25, 0.3) is 0 Å². The van der Waals surface area contributed by atoms with E-state index < -0.39 is 0 Å². The minimum atomic E-state index is 0.197. The number of fused-ring (bicyclic) bond motifs is 5. The predicted molar refractivity (Wildman–Crippen MR) is 126 cm³/mol. The summed E-state index contributed by atoms with van der Waals surface area (Å²) in [5.41, 5.74) is 11.5. The summed E-state index contributed by atoms with van der Waals surface area (Å²) in [7, 11) is 0. The van der Waals surface area contributed by atoms with Gasteiger partial charge in [0.1, 0.15) is 0 Å². The Morgan fingerprint density at radius 1 is 1.07 bits per heavy atom. The minimum Gasteiger partial charge on any atom is -0.0903 e. The molecule has 4 rings (SSSR count). The van der Waals surface area contributed by atoms with Crippen LogP contribution >= 0.6 is 0 Å². The van der Waals surface area contributed by atoms with Gasteiger partial charge in [0.15, 0.2) is 0 Å². The van der Waals surface area contributed by atoms with Crippen LogP contribution in [0.15, 0.2) is 16.8 Å². The summed E-state index contributed by atoms with van der Waals surface area (Å²) in [6.07, 6.45) is 17.3. The van der Waals surface area contributed by atoms with Crippen molar-refractivity contribution >= 4 is 0 Å². The van der Waals surface area contributed by atoms with Gasteiger partial charge in [-0.3, -0.25) is 0 Å². The van der Waals surface area contributed by atoms with Crippen molar-refractivity contribution in [2.75, 3.05) is 0 Å². The van der Waals surface area contributed by atoms with Crippen LogP contribution in [0, 0.1) is 46.3 Å². The molecule has 0 spiro atoms. The van der Waals surface area contributed by atoms with Crippen LogP contribution in [0.4, 0.5) is 0 Å². The molecule has 0 bridgehead atoms. The summed E-state index contributed by atoms with van der Waals surface area (Å²) < 4.78 is 0. The van der Waals surface area contributed by atoms with E-state index in [4.69, 9.17) is 5.53 Å². The van der Waals surface area contributed by atoms with Crippen LogP contribution in [0.5, 0.6) is 0 Å². The molecule has 3 saturated carbocycles. The standard InChI is InChI=1S/C27H45N3/c1-18(2)7-6-8-19(3)23-11-12-24-22-10-9-20-17-21(29-30-28)13-15-26(20,4)25(22)14-16-27(23,24)5/h9,18-19,21-25H,6-8,10-17H2,1-5H3/t19-,21+,22?,23?,24?,25?,26?,27?/m1/s1. The average molecular weight is 412 g/mol. The normalized spacial score (nSPS) is 43.8. The molecule has 0 aromatic carbocycles. The first-order valence-corrected chi connectivity index (χ1v) is 13.0. The SMILES string of the molecule is CC(C)CCC[C@@H](C)C1CCC2C3CC=C4C[C@@H](N=[N+]=[N-])CCC4(C)C3CCC21C. The smallest absolute Gasteiger partial charge is 0.0411 e. The van der Waals surface area contributed by atoms with E-state index in [1.807, 2.05) is 0 Å². The summed E-state index contributed by atoms with van der Waals surface area (Å²) in [5, 5.41) is 4.08. The molecule has 4 aliphatic carbocycles. The molecule has 30 heavy (non-hydrogen) atoms. The number of allylic oxidation sites excluding steroid dienone is 1. The molecule has 4 aliphatic rings. The molecule has 3 fully saturated rings. The van der Waals surface area contributed by atoms with Crippen molar-refractivity contribution in [3.63, 3.8) is 0 Å². The van der Waals surface area contributed by atoms with Crippen molar-refractivity contribution in [3.8, 4) is 0 Å². The lowest BCUT2D eigenvalue weighted by atomic mass is 9.47. The van der Waals surface area contributed by atoms with Gasteiger partial charge in [-0.05, 0) is 103 Å². The van der Waals surface area contributed by atoms with Crippen LogP contribution in [0.3, 0.4) is 0 Å². The number of nitrogens with zero attached hydrogens (tertiary/aromatic N) is 3. The molecular formula is C27H45N3. The molecule has 0 amide bonds. The average Bonchev–Trinajstić information content (AvgIpc) is 3.05. The first kappa shape index (κ1) is 22.3. The fourth-order valence-electron chi connectivity index (χ4n) is 8.84. The third-order valence-corrected chi connectivity index (χ3v) is 10.5. The van der Waals surface area contributed by atoms with Gasteiger partial charge in [-0.25, -0.2) is 0 Å². The first-order valence-electron chi connectivity index (χ1n) is 13.0. The summed E-state index contributed by atoms with van der Waals surface area (Å²) >= 11 is 0. The highest BCUT2D eigenvalue weighted by Gasteiger charge is 2.59. The van der Waals surface area contributed by atoms with E-state index in [2.05, 4.69) is 50.7 Å². The second-order valence-corrected chi connectivity index (χ2v) is 12.4. The maximum absolute atomic E-state index is 8.89. The molecule has 0 saturated heterocycles. The Labute approximate surface area is 185 Å². The predicted octanol–water partition coefficient (Wildman–Crippen LogP) is 8.71. The number of azide groups is 1. The van der Waals surface area contributed by atoms with Crippen LogP contribution in [0.25, 0.3) is 10.4 Å². The van der Waals surface area contributed by atoms with Crippen LogP contribution < -0.4 is 0 Å². The van der Waals surface area contributed by atoms with E-state index in [9.17, 15) is 0 Å². The molecule has 3 heteroatoms. The highest BCUT2D eigenvalue weighted by atomic mass is 15.1. The Kier molecular flexibility index (Phi) is 6.33. The Bertz CT molecular complexity index is 705. The third-order valence-electron chi connectivity index (χ3n) is 10.5. The highest BCUT2D eigenvalue weighted by molar-refractivity contribution is 5.26. The van der Waals surface area contributed by atoms with Crippen LogP contribution in [0.1, 0.15) is 105 Å². The first-order chi connectivity index (χ1) is 14.3. The third kappa shape index (κ3) is 3.74. The molecule has 0 aromatic rings. The van der Waals surface area contributed by atoms with Crippen molar-refractivity contribution in [2.45, 2.75) is 111 Å². The largest absolute Gasteiger partial charge is 0.0903 e. The van der Waals surface area contributed by atoms with Gasteiger partial charge in [-0.1, -0.05) is 70.6 Å². The topological polar surface area (TPSA) is 48.8 Å². The second-order valence-electron chi connectivity index (χ2n) is 12.4.